The molecular weight excluding hydrogens is 703 g/mol. The first-order chi connectivity index (χ1) is 27.8. The molecule has 0 N–H and O–H groups in total. The summed E-state index contributed by atoms with van der Waals surface area (Å²) in [6.07, 6.45) is 0. The maximum atomic E-state index is 6.81. The number of fused-ring (bicyclic) bond motifs is 6. The molecule has 3 heterocycles. The minimum absolute atomic E-state index is 0.568. The standard InChI is InChI=1S/C51H31N3OS/c1-4-14-32(15-5-1)33-26-28-34(29-27-33)37-30-31-39(48-46(37)40-20-10-11-25-44(40)56-48)38-21-13-24-43-45(38)41-22-12-23-42(47(41)55-43)51-53-49(35-16-6-2-7-17-35)52-50(54-51)36-18-8-3-9-19-36/h1-31H. The van der Waals surface area contributed by atoms with Gasteiger partial charge in [-0.25, -0.2) is 15.0 Å². The zero-order chi connectivity index (χ0) is 37.0. The second-order valence-corrected chi connectivity index (χ2v) is 15.0. The van der Waals surface area contributed by atoms with Crippen molar-refractivity contribution in [3.05, 3.63) is 188 Å². The summed E-state index contributed by atoms with van der Waals surface area (Å²) in [5.41, 5.74) is 11.4. The molecule has 56 heavy (non-hydrogen) atoms. The van der Waals surface area contributed by atoms with Crippen molar-refractivity contribution in [2.24, 2.45) is 0 Å². The van der Waals surface area contributed by atoms with Crippen LogP contribution in [0.5, 0.6) is 0 Å². The van der Waals surface area contributed by atoms with E-state index in [1.165, 1.54) is 48.0 Å². The Bertz CT molecular complexity index is 3170. The predicted molar refractivity (Wildman–Crippen MR) is 233 cm³/mol. The highest BCUT2D eigenvalue weighted by molar-refractivity contribution is 7.26. The Morgan fingerprint density at radius 2 is 0.875 bits per heavy atom. The highest BCUT2D eigenvalue weighted by atomic mass is 32.1. The molecule has 0 saturated heterocycles. The van der Waals surface area contributed by atoms with Crippen molar-refractivity contribution in [3.8, 4) is 67.5 Å². The molecule has 0 aliphatic carbocycles. The Morgan fingerprint density at radius 3 is 1.59 bits per heavy atom. The first-order valence-corrected chi connectivity index (χ1v) is 19.5. The monoisotopic (exact) mass is 733 g/mol. The van der Waals surface area contributed by atoms with Gasteiger partial charge in [0.1, 0.15) is 11.2 Å². The molecule has 262 valence electrons. The third-order valence-electron chi connectivity index (χ3n) is 10.6. The van der Waals surface area contributed by atoms with E-state index in [2.05, 4.69) is 121 Å². The van der Waals surface area contributed by atoms with E-state index >= 15 is 0 Å². The van der Waals surface area contributed by atoms with E-state index < -0.39 is 0 Å². The van der Waals surface area contributed by atoms with Crippen molar-refractivity contribution < 1.29 is 4.42 Å². The number of rotatable bonds is 6. The number of aromatic nitrogens is 3. The summed E-state index contributed by atoms with van der Waals surface area (Å²) in [5.74, 6) is 1.80. The van der Waals surface area contributed by atoms with Gasteiger partial charge in [0, 0.05) is 47.6 Å². The smallest absolute Gasteiger partial charge is 0.167 e. The molecule has 11 aromatic rings. The average Bonchev–Trinajstić information content (AvgIpc) is 3.86. The van der Waals surface area contributed by atoms with Crippen LogP contribution in [0.1, 0.15) is 0 Å². The summed E-state index contributed by atoms with van der Waals surface area (Å²) in [5, 5.41) is 4.63. The maximum absolute atomic E-state index is 6.81. The molecule has 0 unspecified atom stereocenters. The Labute approximate surface area is 327 Å². The van der Waals surface area contributed by atoms with E-state index in [9.17, 15) is 0 Å². The summed E-state index contributed by atoms with van der Waals surface area (Å²) >= 11 is 1.85. The summed E-state index contributed by atoms with van der Waals surface area (Å²) in [6, 6.07) is 65.6. The van der Waals surface area contributed by atoms with Crippen molar-refractivity contribution >= 4 is 53.4 Å². The van der Waals surface area contributed by atoms with Crippen molar-refractivity contribution in [1.82, 2.24) is 15.0 Å². The van der Waals surface area contributed by atoms with Gasteiger partial charge < -0.3 is 4.42 Å². The van der Waals surface area contributed by atoms with Gasteiger partial charge in [-0.2, -0.15) is 0 Å². The summed E-state index contributed by atoms with van der Waals surface area (Å²) in [7, 11) is 0. The largest absolute Gasteiger partial charge is 0.455 e. The molecule has 0 spiro atoms. The molecule has 8 aromatic carbocycles. The molecular formula is C51H31N3OS. The second kappa shape index (κ2) is 13.3. The Balaban J connectivity index is 1.10. The van der Waals surface area contributed by atoms with Gasteiger partial charge in [0.15, 0.2) is 17.5 Å². The first-order valence-electron chi connectivity index (χ1n) is 18.7. The minimum Gasteiger partial charge on any atom is -0.455 e. The van der Waals surface area contributed by atoms with Gasteiger partial charge in [-0.05, 0) is 46.0 Å². The molecule has 0 fully saturated rings. The Hall–Kier alpha value is -7.21. The van der Waals surface area contributed by atoms with Crippen LogP contribution in [0.2, 0.25) is 0 Å². The van der Waals surface area contributed by atoms with Crippen LogP contribution in [-0.2, 0) is 0 Å². The van der Waals surface area contributed by atoms with Crippen molar-refractivity contribution in [3.63, 3.8) is 0 Å². The van der Waals surface area contributed by atoms with Crippen molar-refractivity contribution in [2.75, 3.05) is 0 Å². The van der Waals surface area contributed by atoms with Gasteiger partial charge in [-0.3, -0.25) is 0 Å². The van der Waals surface area contributed by atoms with Crippen LogP contribution in [0.4, 0.5) is 0 Å². The fraction of sp³-hybridized carbons (Fsp3) is 0. The third kappa shape index (κ3) is 5.40. The van der Waals surface area contributed by atoms with E-state index in [-0.39, 0.29) is 0 Å². The lowest BCUT2D eigenvalue weighted by Gasteiger charge is -2.11. The maximum Gasteiger partial charge on any atom is 0.167 e. The predicted octanol–water partition coefficient (Wildman–Crippen LogP) is 14.1. The lowest BCUT2D eigenvalue weighted by Crippen LogP contribution is -2.00. The highest BCUT2D eigenvalue weighted by Crippen LogP contribution is 2.48. The summed E-state index contributed by atoms with van der Waals surface area (Å²) in [6.45, 7) is 0. The zero-order valence-corrected chi connectivity index (χ0v) is 30.9. The van der Waals surface area contributed by atoms with Gasteiger partial charge in [-0.15, -0.1) is 11.3 Å². The quantitative estimate of drug-likeness (QED) is 0.171. The van der Waals surface area contributed by atoms with Crippen LogP contribution in [0.15, 0.2) is 192 Å². The van der Waals surface area contributed by atoms with Gasteiger partial charge >= 0.3 is 0 Å². The van der Waals surface area contributed by atoms with Crippen molar-refractivity contribution in [2.45, 2.75) is 0 Å². The lowest BCUT2D eigenvalue weighted by molar-refractivity contribution is 0.669. The summed E-state index contributed by atoms with van der Waals surface area (Å²) < 4.78 is 9.33. The van der Waals surface area contributed by atoms with Crippen LogP contribution in [0, 0.1) is 0 Å². The van der Waals surface area contributed by atoms with Gasteiger partial charge in [0.05, 0.1) is 5.56 Å². The fourth-order valence-electron chi connectivity index (χ4n) is 7.93. The van der Waals surface area contributed by atoms with Crippen molar-refractivity contribution in [1.29, 1.82) is 0 Å². The number of hydrogen-bond donors (Lipinski definition) is 0. The number of thiophene rings is 1. The van der Waals surface area contributed by atoms with Crippen LogP contribution < -0.4 is 0 Å². The van der Waals surface area contributed by atoms with E-state index in [0.29, 0.717) is 17.5 Å². The van der Waals surface area contributed by atoms with E-state index in [0.717, 1.165) is 44.2 Å². The Morgan fingerprint density at radius 1 is 0.339 bits per heavy atom. The SMILES string of the molecule is c1ccc(-c2ccc(-c3ccc(-c4cccc5oc6c(-c7nc(-c8ccccc8)nc(-c8ccccc8)n7)cccc6c45)c4sc5ccccc5c34)cc2)cc1. The summed E-state index contributed by atoms with van der Waals surface area (Å²) in [4.78, 5) is 15.0. The van der Waals surface area contributed by atoms with Gasteiger partial charge in [0.25, 0.3) is 0 Å². The topological polar surface area (TPSA) is 51.8 Å². The average molecular weight is 734 g/mol. The first kappa shape index (κ1) is 32.2. The van der Waals surface area contributed by atoms with Crippen LogP contribution in [-0.4, -0.2) is 15.0 Å². The molecule has 0 saturated carbocycles. The zero-order valence-electron chi connectivity index (χ0n) is 30.1. The van der Waals surface area contributed by atoms with Crippen LogP contribution in [0.3, 0.4) is 0 Å². The molecule has 0 aliphatic heterocycles. The molecule has 3 aromatic heterocycles. The molecule has 0 atom stereocenters. The molecule has 4 nitrogen and oxygen atoms in total. The number of nitrogens with zero attached hydrogens (tertiary/aromatic N) is 3. The number of hydrogen-bond acceptors (Lipinski definition) is 5. The lowest BCUT2D eigenvalue weighted by atomic mass is 9.92. The Kier molecular flexibility index (Phi) is 7.64. The number of furan rings is 1. The van der Waals surface area contributed by atoms with E-state index in [1.807, 2.05) is 78.1 Å². The second-order valence-electron chi connectivity index (χ2n) is 13.9. The highest BCUT2D eigenvalue weighted by Gasteiger charge is 2.22. The number of para-hydroxylation sites is 1. The molecule has 11 rings (SSSR count). The molecule has 0 radical (unpaired) electrons. The fourth-order valence-corrected chi connectivity index (χ4v) is 9.19. The third-order valence-corrected chi connectivity index (χ3v) is 11.8. The van der Waals surface area contributed by atoms with Crippen LogP contribution >= 0.6 is 11.3 Å². The number of benzene rings is 8. The normalized spacial score (nSPS) is 11.6. The minimum atomic E-state index is 0.568. The van der Waals surface area contributed by atoms with Crippen LogP contribution in [0.25, 0.3) is 110 Å². The van der Waals surface area contributed by atoms with E-state index in [1.54, 1.807) is 0 Å². The molecule has 0 aliphatic rings. The molecule has 0 amide bonds. The van der Waals surface area contributed by atoms with E-state index in [4.69, 9.17) is 19.4 Å². The van der Waals surface area contributed by atoms with Gasteiger partial charge in [-0.1, -0.05) is 170 Å². The molecule has 0 bridgehead atoms. The molecule has 5 heteroatoms. The van der Waals surface area contributed by atoms with Gasteiger partial charge in [0.2, 0.25) is 0 Å².